The molecule has 156 valence electrons. The molecule has 0 spiro atoms. The predicted octanol–water partition coefficient (Wildman–Crippen LogP) is 3.74. The molecule has 0 amide bonds. The minimum atomic E-state index is 0.607. The van der Waals surface area contributed by atoms with Crippen LogP contribution in [0.5, 0.6) is 17.2 Å². The summed E-state index contributed by atoms with van der Waals surface area (Å²) in [7, 11) is 5.15. The van der Waals surface area contributed by atoms with Crippen LogP contribution in [0, 0.1) is 0 Å². The lowest BCUT2D eigenvalue weighted by Crippen LogP contribution is -2.49. The second-order valence-electron chi connectivity index (χ2n) is 8.08. The molecule has 2 aliphatic heterocycles. The Bertz CT molecular complexity index is 839. The molecule has 5 nitrogen and oxygen atoms in total. The van der Waals surface area contributed by atoms with Gasteiger partial charge < -0.3 is 14.2 Å². The summed E-state index contributed by atoms with van der Waals surface area (Å²) in [6.07, 6.45) is 3.60. The fraction of sp³-hybridized carbons (Fsp3) is 0.500. The number of hydrogen-bond donors (Lipinski definition) is 0. The van der Waals surface area contributed by atoms with Crippen LogP contribution in [0.15, 0.2) is 36.4 Å². The molecule has 0 aromatic heterocycles. The van der Waals surface area contributed by atoms with Gasteiger partial charge in [-0.25, -0.2) is 0 Å². The Kier molecular flexibility index (Phi) is 6.26. The first-order valence-electron chi connectivity index (χ1n) is 10.5. The van der Waals surface area contributed by atoms with E-state index >= 15 is 0 Å². The van der Waals surface area contributed by atoms with Gasteiger partial charge in [-0.15, -0.1) is 0 Å². The number of benzene rings is 2. The molecular formula is C24H32N2O3. The highest BCUT2D eigenvalue weighted by Gasteiger charge is 2.28. The van der Waals surface area contributed by atoms with Crippen molar-refractivity contribution in [3.8, 4) is 17.2 Å². The van der Waals surface area contributed by atoms with E-state index in [9.17, 15) is 0 Å². The Morgan fingerprint density at radius 1 is 0.931 bits per heavy atom. The van der Waals surface area contributed by atoms with Crippen molar-refractivity contribution in [3.63, 3.8) is 0 Å². The summed E-state index contributed by atoms with van der Waals surface area (Å²) in [5.41, 5.74) is 4.09. The minimum absolute atomic E-state index is 0.607. The normalized spacial score (nSPS) is 20.2. The first-order chi connectivity index (χ1) is 14.2. The summed E-state index contributed by atoms with van der Waals surface area (Å²) in [6.45, 7) is 5.39. The molecule has 1 unspecified atom stereocenters. The van der Waals surface area contributed by atoms with Crippen LogP contribution < -0.4 is 14.2 Å². The number of hydrogen-bond acceptors (Lipinski definition) is 5. The molecule has 2 heterocycles. The molecule has 29 heavy (non-hydrogen) atoms. The lowest BCUT2D eigenvalue weighted by molar-refractivity contribution is 0.0837. The standard InChI is InChI=1S/C24H32N2O3/c1-27-22-8-4-6-18(12-22)15-25-10-5-7-21(17-25)26-11-9-19-13-23(28-2)24(29-3)14-20(19)16-26/h4,6,8,12-14,21H,5,7,9-11,15-17H2,1-3H3. The molecule has 1 atom stereocenters. The zero-order chi connectivity index (χ0) is 20.2. The number of nitrogens with zero attached hydrogens (tertiary/aromatic N) is 2. The molecule has 1 fully saturated rings. The molecule has 0 saturated carbocycles. The quantitative estimate of drug-likeness (QED) is 0.743. The zero-order valence-corrected chi connectivity index (χ0v) is 17.8. The maximum atomic E-state index is 5.52. The van der Waals surface area contributed by atoms with E-state index in [1.54, 1.807) is 21.3 Å². The average molecular weight is 397 g/mol. The van der Waals surface area contributed by atoms with Crippen molar-refractivity contribution in [2.24, 2.45) is 0 Å². The van der Waals surface area contributed by atoms with Gasteiger partial charge in [0.1, 0.15) is 5.75 Å². The molecule has 0 radical (unpaired) electrons. The fourth-order valence-corrected chi connectivity index (χ4v) is 4.72. The number of likely N-dealkylation sites (tertiary alicyclic amines) is 1. The van der Waals surface area contributed by atoms with Crippen molar-refractivity contribution in [2.75, 3.05) is 41.0 Å². The number of piperidine rings is 1. The highest BCUT2D eigenvalue weighted by atomic mass is 16.5. The lowest BCUT2D eigenvalue weighted by atomic mass is 9.95. The Labute approximate surface area is 174 Å². The first kappa shape index (κ1) is 20.0. The van der Waals surface area contributed by atoms with Gasteiger partial charge in [0, 0.05) is 32.2 Å². The van der Waals surface area contributed by atoms with Crippen molar-refractivity contribution < 1.29 is 14.2 Å². The van der Waals surface area contributed by atoms with E-state index < -0.39 is 0 Å². The van der Waals surface area contributed by atoms with Crippen molar-refractivity contribution >= 4 is 0 Å². The van der Waals surface area contributed by atoms with Crippen LogP contribution in [-0.2, 0) is 19.5 Å². The number of rotatable bonds is 6. The van der Waals surface area contributed by atoms with Gasteiger partial charge in [0.25, 0.3) is 0 Å². The van der Waals surface area contributed by atoms with E-state index in [0.29, 0.717) is 6.04 Å². The molecule has 5 heteroatoms. The van der Waals surface area contributed by atoms with Crippen LogP contribution in [0.2, 0.25) is 0 Å². The largest absolute Gasteiger partial charge is 0.497 e. The van der Waals surface area contributed by atoms with Crippen LogP contribution in [0.1, 0.15) is 29.5 Å². The van der Waals surface area contributed by atoms with Gasteiger partial charge in [-0.3, -0.25) is 9.80 Å². The third kappa shape index (κ3) is 4.51. The molecule has 1 saturated heterocycles. The smallest absolute Gasteiger partial charge is 0.161 e. The number of ether oxygens (including phenoxy) is 3. The van der Waals surface area contributed by atoms with Crippen molar-refractivity contribution in [3.05, 3.63) is 53.1 Å². The second-order valence-corrected chi connectivity index (χ2v) is 8.08. The highest BCUT2D eigenvalue weighted by Crippen LogP contribution is 2.34. The maximum absolute atomic E-state index is 5.52. The Morgan fingerprint density at radius 2 is 1.72 bits per heavy atom. The first-order valence-corrected chi connectivity index (χ1v) is 10.5. The molecule has 2 aromatic carbocycles. The molecule has 0 aliphatic carbocycles. The van der Waals surface area contributed by atoms with Gasteiger partial charge in [0.05, 0.1) is 21.3 Å². The van der Waals surface area contributed by atoms with Crippen LogP contribution in [0.3, 0.4) is 0 Å². The van der Waals surface area contributed by atoms with Crippen molar-refractivity contribution in [1.29, 1.82) is 0 Å². The highest BCUT2D eigenvalue weighted by molar-refractivity contribution is 5.48. The van der Waals surface area contributed by atoms with E-state index in [4.69, 9.17) is 14.2 Å². The second kappa shape index (κ2) is 9.06. The zero-order valence-electron chi connectivity index (χ0n) is 17.8. The lowest BCUT2D eigenvalue weighted by Gasteiger charge is -2.41. The van der Waals surface area contributed by atoms with Crippen molar-refractivity contribution in [1.82, 2.24) is 9.80 Å². The van der Waals surface area contributed by atoms with Gasteiger partial charge >= 0.3 is 0 Å². The minimum Gasteiger partial charge on any atom is -0.497 e. The fourth-order valence-electron chi connectivity index (χ4n) is 4.72. The van der Waals surface area contributed by atoms with Gasteiger partial charge in [-0.2, -0.15) is 0 Å². The van der Waals surface area contributed by atoms with Crippen molar-refractivity contribution in [2.45, 2.75) is 38.4 Å². The average Bonchev–Trinajstić information content (AvgIpc) is 2.78. The summed E-state index contributed by atoms with van der Waals surface area (Å²) in [6, 6.07) is 13.4. The van der Waals surface area contributed by atoms with Crippen LogP contribution in [0.25, 0.3) is 0 Å². The SMILES string of the molecule is COc1cccc(CN2CCCC(N3CCc4cc(OC)c(OC)cc4C3)C2)c1. The van der Waals surface area contributed by atoms with E-state index in [0.717, 1.165) is 49.8 Å². The topological polar surface area (TPSA) is 34.2 Å². The van der Waals surface area contributed by atoms with E-state index in [1.807, 2.05) is 6.07 Å². The monoisotopic (exact) mass is 396 g/mol. The number of fused-ring (bicyclic) bond motifs is 1. The van der Waals surface area contributed by atoms with Gasteiger partial charge in [0.15, 0.2) is 11.5 Å². The summed E-state index contributed by atoms with van der Waals surface area (Å²) in [4.78, 5) is 5.25. The molecule has 2 aromatic rings. The molecular weight excluding hydrogens is 364 g/mol. The summed E-state index contributed by atoms with van der Waals surface area (Å²) >= 11 is 0. The summed E-state index contributed by atoms with van der Waals surface area (Å²) < 4.78 is 16.4. The Balaban J connectivity index is 1.42. The third-order valence-electron chi connectivity index (χ3n) is 6.28. The van der Waals surface area contributed by atoms with Gasteiger partial charge in [-0.05, 0) is 66.8 Å². The Hall–Kier alpha value is -2.24. The maximum Gasteiger partial charge on any atom is 0.161 e. The van der Waals surface area contributed by atoms with Crippen LogP contribution >= 0.6 is 0 Å². The summed E-state index contributed by atoms with van der Waals surface area (Å²) in [5, 5.41) is 0. The molecule has 4 rings (SSSR count). The Morgan fingerprint density at radius 3 is 2.48 bits per heavy atom. The van der Waals surface area contributed by atoms with E-state index in [2.05, 4.69) is 40.1 Å². The van der Waals surface area contributed by atoms with Gasteiger partial charge in [-0.1, -0.05) is 12.1 Å². The molecule has 0 bridgehead atoms. The number of methoxy groups -OCH3 is 3. The van der Waals surface area contributed by atoms with E-state index in [-0.39, 0.29) is 0 Å². The van der Waals surface area contributed by atoms with Gasteiger partial charge in [0.2, 0.25) is 0 Å². The van der Waals surface area contributed by atoms with Crippen LogP contribution in [-0.4, -0.2) is 56.8 Å². The van der Waals surface area contributed by atoms with E-state index in [1.165, 1.54) is 36.1 Å². The summed E-state index contributed by atoms with van der Waals surface area (Å²) in [5.74, 6) is 2.60. The predicted molar refractivity (Wildman–Crippen MR) is 115 cm³/mol. The molecule has 0 N–H and O–H groups in total. The molecule has 2 aliphatic rings. The third-order valence-corrected chi connectivity index (χ3v) is 6.28. The van der Waals surface area contributed by atoms with Crippen LogP contribution in [0.4, 0.5) is 0 Å².